The summed E-state index contributed by atoms with van der Waals surface area (Å²) in [5.41, 5.74) is 7.60. The molecule has 0 aliphatic carbocycles. The summed E-state index contributed by atoms with van der Waals surface area (Å²) in [5, 5.41) is 0.964. The van der Waals surface area contributed by atoms with E-state index < -0.39 is 0 Å². The van der Waals surface area contributed by atoms with Crippen molar-refractivity contribution in [3.05, 3.63) is 60.3 Å². The smallest absolute Gasteiger partial charge is 0.136 e. The minimum atomic E-state index is 0.405. The van der Waals surface area contributed by atoms with Gasteiger partial charge in [-0.05, 0) is 30.3 Å². The number of methoxy groups -OCH3 is 1. The molecule has 0 saturated carbocycles. The average Bonchev–Trinajstić information content (AvgIpc) is 2.55. The summed E-state index contributed by atoms with van der Waals surface area (Å²) in [5.74, 6) is 2.19. The molecule has 1 aromatic heterocycles. The van der Waals surface area contributed by atoms with Crippen LogP contribution >= 0.6 is 0 Å². The van der Waals surface area contributed by atoms with Crippen LogP contribution in [0.5, 0.6) is 17.2 Å². The van der Waals surface area contributed by atoms with E-state index in [1.54, 1.807) is 13.3 Å². The first kappa shape index (κ1) is 13.4. The molecule has 106 valence electrons. The van der Waals surface area contributed by atoms with Gasteiger partial charge < -0.3 is 15.2 Å². The Hall–Kier alpha value is -2.59. The van der Waals surface area contributed by atoms with Crippen molar-refractivity contribution in [3.8, 4) is 17.2 Å². The van der Waals surface area contributed by atoms with Crippen molar-refractivity contribution < 1.29 is 9.47 Å². The quantitative estimate of drug-likeness (QED) is 0.794. The lowest BCUT2D eigenvalue weighted by molar-refractivity contribution is 0.408. The Morgan fingerprint density at radius 1 is 1.05 bits per heavy atom. The van der Waals surface area contributed by atoms with Gasteiger partial charge in [0.05, 0.1) is 12.6 Å². The van der Waals surface area contributed by atoms with Crippen molar-refractivity contribution in [2.75, 3.05) is 7.11 Å². The molecule has 0 aliphatic rings. The maximum atomic E-state index is 6.06. The van der Waals surface area contributed by atoms with Crippen LogP contribution in [-0.2, 0) is 6.54 Å². The van der Waals surface area contributed by atoms with E-state index in [9.17, 15) is 0 Å². The summed E-state index contributed by atoms with van der Waals surface area (Å²) in [6.45, 7) is 0.405. The van der Waals surface area contributed by atoms with Crippen LogP contribution in [0.25, 0.3) is 10.9 Å². The molecule has 1 heterocycles. The fourth-order valence-corrected chi connectivity index (χ4v) is 2.21. The molecule has 0 amide bonds. The number of rotatable bonds is 4. The number of nitrogens with zero attached hydrogens (tertiary/aromatic N) is 1. The lowest BCUT2D eigenvalue weighted by Crippen LogP contribution is -2.00. The van der Waals surface area contributed by atoms with Gasteiger partial charge >= 0.3 is 0 Å². The Balaban J connectivity index is 2.06. The standard InChI is InChI=1S/C17H16N2O2/c1-20-13-8-7-12(11-18)17(10-13)21-16-6-2-5-15-14(16)4-3-9-19-15/h2-10H,11,18H2,1H3. The third-order valence-electron chi connectivity index (χ3n) is 3.32. The van der Waals surface area contributed by atoms with Gasteiger partial charge in [0.1, 0.15) is 17.2 Å². The summed E-state index contributed by atoms with van der Waals surface area (Å²) in [4.78, 5) is 4.33. The average molecular weight is 280 g/mol. The molecule has 4 nitrogen and oxygen atoms in total. The first-order chi connectivity index (χ1) is 10.3. The molecule has 0 bridgehead atoms. The van der Waals surface area contributed by atoms with Gasteiger partial charge in [-0.25, -0.2) is 0 Å². The summed E-state index contributed by atoms with van der Waals surface area (Å²) in [7, 11) is 1.63. The zero-order valence-corrected chi connectivity index (χ0v) is 11.7. The van der Waals surface area contributed by atoms with Crippen LogP contribution < -0.4 is 15.2 Å². The Labute approximate surface area is 123 Å². The second-order valence-corrected chi connectivity index (χ2v) is 4.61. The van der Waals surface area contributed by atoms with Gasteiger partial charge in [0.25, 0.3) is 0 Å². The third-order valence-corrected chi connectivity index (χ3v) is 3.32. The van der Waals surface area contributed by atoms with E-state index in [-0.39, 0.29) is 0 Å². The van der Waals surface area contributed by atoms with Gasteiger partial charge in [0, 0.05) is 29.8 Å². The molecular weight excluding hydrogens is 264 g/mol. The normalized spacial score (nSPS) is 10.6. The minimum Gasteiger partial charge on any atom is -0.497 e. The SMILES string of the molecule is COc1ccc(CN)c(Oc2cccc3ncccc23)c1. The molecule has 0 aliphatic heterocycles. The number of aromatic nitrogens is 1. The van der Waals surface area contributed by atoms with E-state index in [1.807, 2.05) is 48.5 Å². The molecule has 0 spiro atoms. The summed E-state index contributed by atoms with van der Waals surface area (Å²) in [6.07, 6.45) is 1.77. The van der Waals surface area contributed by atoms with Gasteiger partial charge in [-0.15, -0.1) is 0 Å². The van der Waals surface area contributed by atoms with Crippen molar-refractivity contribution in [3.63, 3.8) is 0 Å². The van der Waals surface area contributed by atoms with Gasteiger partial charge in [0.15, 0.2) is 0 Å². The Kier molecular flexibility index (Phi) is 3.71. The molecule has 3 rings (SSSR count). The fraction of sp³-hybridized carbons (Fsp3) is 0.118. The second kappa shape index (κ2) is 5.81. The van der Waals surface area contributed by atoms with Crippen molar-refractivity contribution in [1.82, 2.24) is 4.98 Å². The zero-order chi connectivity index (χ0) is 14.7. The van der Waals surface area contributed by atoms with Gasteiger partial charge in [0.2, 0.25) is 0 Å². The molecule has 2 N–H and O–H groups in total. The van der Waals surface area contributed by atoms with Gasteiger partial charge in [-0.3, -0.25) is 4.98 Å². The predicted molar refractivity (Wildman–Crippen MR) is 82.7 cm³/mol. The molecule has 2 aromatic carbocycles. The summed E-state index contributed by atoms with van der Waals surface area (Å²) in [6, 6.07) is 15.3. The number of hydrogen-bond donors (Lipinski definition) is 1. The maximum Gasteiger partial charge on any atom is 0.136 e. The van der Waals surface area contributed by atoms with Crippen LogP contribution in [0.4, 0.5) is 0 Å². The summed E-state index contributed by atoms with van der Waals surface area (Å²) < 4.78 is 11.3. The molecule has 0 atom stereocenters. The minimum absolute atomic E-state index is 0.405. The van der Waals surface area contributed by atoms with Crippen LogP contribution in [0.3, 0.4) is 0 Å². The second-order valence-electron chi connectivity index (χ2n) is 4.61. The first-order valence-corrected chi connectivity index (χ1v) is 6.70. The van der Waals surface area contributed by atoms with Gasteiger partial charge in [-0.2, -0.15) is 0 Å². The number of pyridine rings is 1. The van der Waals surface area contributed by atoms with Crippen LogP contribution in [-0.4, -0.2) is 12.1 Å². The number of hydrogen-bond acceptors (Lipinski definition) is 4. The van der Waals surface area contributed by atoms with E-state index in [0.29, 0.717) is 12.3 Å². The van der Waals surface area contributed by atoms with Crippen molar-refractivity contribution in [2.24, 2.45) is 5.73 Å². The molecule has 0 fully saturated rings. The predicted octanol–water partition coefficient (Wildman–Crippen LogP) is 3.49. The Morgan fingerprint density at radius 3 is 2.76 bits per heavy atom. The van der Waals surface area contributed by atoms with E-state index in [1.165, 1.54) is 0 Å². The molecular formula is C17H16N2O2. The Bertz CT molecular complexity index is 766. The molecule has 0 radical (unpaired) electrons. The van der Waals surface area contributed by atoms with Crippen molar-refractivity contribution in [2.45, 2.75) is 6.54 Å². The third kappa shape index (κ3) is 2.66. The highest BCUT2D eigenvalue weighted by Gasteiger charge is 2.08. The van der Waals surface area contributed by atoms with E-state index in [2.05, 4.69) is 4.98 Å². The van der Waals surface area contributed by atoms with Crippen molar-refractivity contribution in [1.29, 1.82) is 0 Å². The number of benzene rings is 2. The first-order valence-electron chi connectivity index (χ1n) is 6.70. The Morgan fingerprint density at radius 2 is 1.95 bits per heavy atom. The van der Waals surface area contributed by atoms with Crippen LogP contribution in [0.1, 0.15) is 5.56 Å². The van der Waals surface area contributed by atoms with Crippen LogP contribution in [0.15, 0.2) is 54.7 Å². The highest BCUT2D eigenvalue weighted by molar-refractivity contribution is 5.85. The largest absolute Gasteiger partial charge is 0.497 e. The summed E-state index contributed by atoms with van der Waals surface area (Å²) >= 11 is 0. The molecule has 21 heavy (non-hydrogen) atoms. The zero-order valence-electron chi connectivity index (χ0n) is 11.7. The highest BCUT2D eigenvalue weighted by atomic mass is 16.5. The fourth-order valence-electron chi connectivity index (χ4n) is 2.21. The molecule has 0 saturated heterocycles. The number of nitrogens with two attached hydrogens (primary N) is 1. The van der Waals surface area contributed by atoms with Crippen LogP contribution in [0, 0.1) is 0 Å². The lowest BCUT2D eigenvalue weighted by Gasteiger charge is -2.13. The maximum absolute atomic E-state index is 6.06. The van der Waals surface area contributed by atoms with Crippen molar-refractivity contribution >= 4 is 10.9 Å². The monoisotopic (exact) mass is 280 g/mol. The van der Waals surface area contributed by atoms with E-state index >= 15 is 0 Å². The molecule has 3 aromatic rings. The number of fused-ring (bicyclic) bond motifs is 1. The van der Waals surface area contributed by atoms with Crippen LogP contribution in [0.2, 0.25) is 0 Å². The topological polar surface area (TPSA) is 57.4 Å². The van der Waals surface area contributed by atoms with E-state index in [4.69, 9.17) is 15.2 Å². The highest BCUT2D eigenvalue weighted by Crippen LogP contribution is 2.32. The van der Waals surface area contributed by atoms with E-state index in [0.717, 1.165) is 28.0 Å². The van der Waals surface area contributed by atoms with Gasteiger partial charge in [-0.1, -0.05) is 12.1 Å². The molecule has 4 heteroatoms. The number of ether oxygens (including phenoxy) is 2. The lowest BCUT2D eigenvalue weighted by atomic mass is 10.1. The molecule has 0 unspecified atom stereocenters.